The molecular weight excluding hydrogens is 687 g/mol. The quantitative estimate of drug-likeness (QED) is 0.0963. The molecule has 5 atom stereocenters. The summed E-state index contributed by atoms with van der Waals surface area (Å²) in [5.74, 6) is -5.53. The van der Waals surface area contributed by atoms with Crippen LogP contribution in [0.15, 0.2) is 115 Å². The van der Waals surface area contributed by atoms with E-state index in [-0.39, 0.29) is 18.6 Å². The number of carbonyl (C=O) groups is 5. The fourth-order valence-corrected chi connectivity index (χ4v) is 5.89. The van der Waals surface area contributed by atoms with Gasteiger partial charge in [0.15, 0.2) is 17.7 Å². The highest BCUT2D eigenvalue weighted by Gasteiger charge is 2.44. The molecule has 2 unspecified atom stereocenters. The molecule has 12 heteroatoms. The molecule has 0 aliphatic carbocycles. The van der Waals surface area contributed by atoms with E-state index in [2.05, 4.69) is 10.6 Å². The molecule has 0 radical (unpaired) electrons. The highest BCUT2D eigenvalue weighted by Crippen LogP contribution is 2.27. The monoisotopic (exact) mass is 729 g/mol. The number of halogens is 3. The largest absolute Gasteiger partial charge is 0.416 e. The maximum atomic E-state index is 14.0. The Labute approximate surface area is 305 Å². The van der Waals surface area contributed by atoms with E-state index < -0.39 is 79.0 Å². The van der Waals surface area contributed by atoms with Crippen LogP contribution in [0, 0.1) is 5.92 Å². The van der Waals surface area contributed by atoms with E-state index >= 15 is 0 Å². The number of hydrogen-bond donors (Lipinski definition) is 4. The molecule has 0 saturated carbocycles. The Bertz CT molecular complexity index is 1840. The van der Waals surface area contributed by atoms with Crippen LogP contribution in [0.2, 0.25) is 0 Å². The SMILES string of the molecule is C[C@H](CC(=O)[C@H](Cc1ccccc1)NC(=O)[C@@H](CC(=O)c1ccc(-c2ccccc2)cc1)c1ccccc1)C(=O)NC(CCC(N)=O)C(O)C(F)(F)F. The second-order valence-electron chi connectivity index (χ2n) is 13.0. The van der Waals surface area contributed by atoms with Crippen molar-refractivity contribution >= 4 is 29.3 Å². The Morgan fingerprint density at radius 1 is 0.717 bits per heavy atom. The number of primary amides is 1. The van der Waals surface area contributed by atoms with Gasteiger partial charge in [0.25, 0.3) is 0 Å². The fourth-order valence-electron chi connectivity index (χ4n) is 5.89. The maximum absolute atomic E-state index is 14.0. The van der Waals surface area contributed by atoms with Gasteiger partial charge in [0, 0.05) is 30.7 Å². The third-order valence-electron chi connectivity index (χ3n) is 8.91. The summed E-state index contributed by atoms with van der Waals surface area (Å²) in [6.45, 7) is 1.33. The van der Waals surface area contributed by atoms with E-state index in [9.17, 15) is 42.3 Å². The molecule has 53 heavy (non-hydrogen) atoms. The summed E-state index contributed by atoms with van der Waals surface area (Å²) in [6, 6.07) is 31.1. The molecule has 4 aromatic rings. The Kier molecular flexibility index (Phi) is 14.2. The minimum absolute atomic E-state index is 0.0319. The molecule has 0 aliphatic heterocycles. The maximum Gasteiger partial charge on any atom is 0.416 e. The lowest BCUT2D eigenvalue weighted by atomic mass is 9.89. The summed E-state index contributed by atoms with van der Waals surface area (Å²) in [4.78, 5) is 65.7. The minimum atomic E-state index is -5.10. The Balaban J connectivity index is 1.53. The van der Waals surface area contributed by atoms with Crippen molar-refractivity contribution < 1.29 is 42.3 Å². The molecule has 0 bridgehead atoms. The second kappa shape index (κ2) is 18.7. The molecule has 278 valence electrons. The van der Waals surface area contributed by atoms with E-state index in [1.54, 1.807) is 72.8 Å². The summed E-state index contributed by atoms with van der Waals surface area (Å²) < 4.78 is 40.0. The summed E-state index contributed by atoms with van der Waals surface area (Å²) in [6.07, 6.45) is -9.83. The number of ketones is 2. The van der Waals surface area contributed by atoms with Crippen LogP contribution in [0.5, 0.6) is 0 Å². The molecule has 0 heterocycles. The number of rotatable bonds is 18. The van der Waals surface area contributed by atoms with Crippen molar-refractivity contribution in [3.63, 3.8) is 0 Å². The number of carbonyl (C=O) groups excluding carboxylic acids is 5. The molecule has 9 nitrogen and oxygen atoms in total. The predicted octanol–water partition coefficient (Wildman–Crippen LogP) is 5.71. The first kappa shape index (κ1) is 40.2. The van der Waals surface area contributed by atoms with Crippen LogP contribution in [0.25, 0.3) is 11.1 Å². The Hall–Kier alpha value is -5.62. The molecule has 0 aromatic heterocycles. The number of alkyl halides is 3. The van der Waals surface area contributed by atoms with Gasteiger partial charge in [0.05, 0.1) is 18.0 Å². The Morgan fingerprint density at radius 2 is 1.26 bits per heavy atom. The van der Waals surface area contributed by atoms with Crippen molar-refractivity contribution in [3.8, 4) is 11.1 Å². The zero-order valence-electron chi connectivity index (χ0n) is 29.1. The molecule has 3 amide bonds. The molecule has 0 saturated heterocycles. The van der Waals surface area contributed by atoms with E-state index in [0.29, 0.717) is 16.7 Å². The van der Waals surface area contributed by atoms with Gasteiger partial charge in [0.2, 0.25) is 17.7 Å². The van der Waals surface area contributed by atoms with Crippen LogP contribution in [0.4, 0.5) is 13.2 Å². The number of nitrogens with one attached hydrogen (secondary N) is 2. The summed E-state index contributed by atoms with van der Waals surface area (Å²) in [7, 11) is 0. The van der Waals surface area contributed by atoms with Crippen LogP contribution in [0.3, 0.4) is 0 Å². The van der Waals surface area contributed by atoms with E-state index in [1.165, 1.54) is 6.92 Å². The van der Waals surface area contributed by atoms with E-state index in [0.717, 1.165) is 11.1 Å². The van der Waals surface area contributed by atoms with Gasteiger partial charge >= 0.3 is 6.18 Å². The minimum Gasteiger partial charge on any atom is -0.382 e. The molecule has 4 aromatic carbocycles. The third-order valence-corrected chi connectivity index (χ3v) is 8.91. The van der Waals surface area contributed by atoms with Crippen molar-refractivity contribution in [3.05, 3.63) is 132 Å². The van der Waals surface area contributed by atoms with Gasteiger partial charge in [-0.1, -0.05) is 122 Å². The lowest BCUT2D eigenvalue weighted by Crippen LogP contribution is -2.52. The number of Topliss-reactive ketones (excluding diaryl/α,β-unsaturated/α-hetero) is 2. The number of hydrogen-bond acceptors (Lipinski definition) is 6. The molecule has 0 fully saturated rings. The van der Waals surface area contributed by atoms with Gasteiger partial charge < -0.3 is 21.5 Å². The van der Waals surface area contributed by atoms with Crippen molar-refractivity contribution in [2.75, 3.05) is 0 Å². The van der Waals surface area contributed by atoms with Crippen LogP contribution in [-0.2, 0) is 25.6 Å². The zero-order valence-corrected chi connectivity index (χ0v) is 29.1. The highest BCUT2D eigenvalue weighted by molar-refractivity contribution is 6.01. The van der Waals surface area contributed by atoms with Gasteiger partial charge in [-0.15, -0.1) is 0 Å². The van der Waals surface area contributed by atoms with Crippen LogP contribution in [-0.4, -0.2) is 58.8 Å². The molecule has 5 N–H and O–H groups in total. The molecule has 4 rings (SSSR count). The van der Waals surface area contributed by atoms with E-state index in [1.807, 2.05) is 42.5 Å². The first-order chi connectivity index (χ1) is 25.2. The summed E-state index contributed by atoms with van der Waals surface area (Å²) in [5.41, 5.74) is 8.61. The van der Waals surface area contributed by atoms with Crippen molar-refractivity contribution in [2.45, 2.75) is 69.3 Å². The summed E-state index contributed by atoms with van der Waals surface area (Å²) >= 11 is 0. The van der Waals surface area contributed by atoms with Gasteiger partial charge in [-0.25, -0.2) is 0 Å². The van der Waals surface area contributed by atoms with Gasteiger partial charge in [-0.2, -0.15) is 13.2 Å². The van der Waals surface area contributed by atoms with Crippen LogP contribution in [0.1, 0.15) is 60.0 Å². The average molecular weight is 730 g/mol. The average Bonchev–Trinajstić information content (AvgIpc) is 3.15. The number of amides is 3. The molecular formula is C41H42F3N3O6. The molecule has 0 spiro atoms. The lowest BCUT2D eigenvalue weighted by molar-refractivity contribution is -0.213. The normalized spacial score (nSPS) is 14.2. The zero-order chi connectivity index (χ0) is 38.5. The van der Waals surface area contributed by atoms with Gasteiger partial charge in [-0.3, -0.25) is 24.0 Å². The summed E-state index contributed by atoms with van der Waals surface area (Å²) in [5, 5.41) is 14.7. The number of aliphatic hydroxyl groups excluding tert-OH is 1. The fraction of sp³-hybridized carbons (Fsp3) is 0.293. The van der Waals surface area contributed by atoms with Crippen LogP contribution < -0.4 is 16.4 Å². The Morgan fingerprint density at radius 3 is 1.83 bits per heavy atom. The first-order valence-electron chi connectivity index (χ1n) is 17.2. The first-order valence-corrected chi connectivity index (χ1v) is 17.2. The number of benzene rings is 4. The second-order valence-corrected chi connectivity index (χ2v) is 13.0. The standard InChI is InChI=1S/C41H42F3N3O6/c1-26(39(52)46-33(21-22-37(45)50)38(51)41(42,43)44)23-36(49)34(24-27-11-5-2-6-12-27)47-40(53)32(30-15-9-4-10-16-30)25-35(48)31-19-17-29(18-20-31)28-13-7-3-8-14-28/h2-20,26,32-34,38,51H,21-25H2,1H3,(H2,45,50)(H,46,52)(H,47,53)/t26-,32+,33?,34+,38?/m1/s1. The smallest absolute Gasteiger partial charge is 0.382 e. The number of nitrogens with two attached hydrogens (primary N) is 1. The molecule has 0 aliphatic rings. The van der Waals surface area contributed by atoms with Crippen molar-refractivity contribution in [1.29, 1.82) is 0 Å². The lowest BCUT2D eigenvalue weighted by Gasteiger charge is -2.27. The topological polar surface area (TPSA) is 156 Å². The third kappa shape index (κ3) is 12.0. The van der Waals surface area contributed by atoms with Gasteiger partial charge in [0.1, 0.15) is 0 Å². The van der Waals surface area contributed by atoms with Crippen LogP contribution >= 0.6 is 0 Å². The van der Waals surface area contributed by atoms with Crippen molar-refractivity contribution in [1.82, 2.24) is 10.6 Å². The van der Waals surface area contributed by atoms with Gasteiger partial charge in [-0.05, 0) is 35.1 Å². The highest BCUT2D eigenvalue weighted by atomic mass is 19.4. The van der Waals surface area contributed by atoms with E-state index in [4.69, 9.17) is 5.73 Å². The van der Waals surface area contributed by atoms with Crippen molar-refractivity contribution in [2.24, 2.45) is 11.7 Å². The predicted molar refractivity (Wildman–Crippen MR) is 193 cm³/mol. The number of aliphatic hydroxyl groups is 1.